The number of halogens is 3. The Labute approximate surface area is 179 Å². The zero-order valence-corrected chi connectivity index (χ0v) is 17.5. The number of aliphatic carboxylic acids is 1. The molecule has 1 amide bonds. The van der Waals surface area contributed by atoms with Gasteiger partial charge in [-0.05, 0) is 30.0 Å². The number of carbonyl (C=O) groups is 2. The third-order valence-electron chi connectivity index (χ3n) is 5.79. The fourth-order valence-corrected chi connectivity index (χ4v) is 4.18. The number of alkyl halides is 3. The molecule has 2 fully saturated rings. The highest BCUT2D eigenvalue weighted by atomic mass is 19.4. The molecule has 1 aromatic rings. The lowest BCUT2D eigenvalue weighted by Gasteiger charge is -2.26. The van der Waals surface area contributed by atoms with Crippen molar-refractivity contribution in [2.75, 3.05) is 39.9 Å². The van der Waals surface area contributed by atoms with Crippen LogP contribution in [-0.4, -0.2) is 72.9 Å². The highest BCUT2D eigenvalue weighted by Gasteiger charge is 2.54. The fraction of sp³-hybridized carbons (Fsp3) is 0.571. The number of carboxylic acids is 1. The number of nitriles is 1. The van der Waals surface area contributed by atoms with E-state index in [1.54, 1.807) is 7.11 Å². The number of benzene rings is 1. The molecule has 2 aliphatic rings. The summed E-state index contributed by atoms with van der Waals surface area (Å²) < 4.78 is 36.9. The summed E-state index contributed by atoms with van der Waals surface area (Å²) in [6.45, 7) is 6.86. The van der Waals surface area contributed by atoms with Gasteiger partial charge in [-0.25, -0.2) is 4.79 Å². The molecule has 2 aliphatic heterocycles. The van der Waals surface area contributed by atoms with Crippen molar-refractivity contribution < 1.29 is 32.6 Å². The van der Waals surface area contributed by atoms with E-state index in [2.05, 4.69) is 24.0 Å². The van der Waals surface area contributed by atoms with Crippen LogP contribution in [0.3, 0.4) is 0 Å². The largest absolute Gasteiger partial charge is 0.490 e. The maximum absolute atomic E-state index is 12.9. The summed E-state index contributed by atoms with van der Waals surface area (Å²) in [5.41, 5.74) is 1.60. The molecule has 2 atom stereocenters. The van der Waals surface area contributed by atoms with Gasteiger partial charge in [-0.2, -0.15) is 18.4 Å². The van der Waals surface area contributed by atoms with Gasteiger partial charge in [-0.3, -0.25) is 9.69 Å². The Morgan fingerprint density at radius 2 is 2.10 bits per heavy atom. The van der Waals surface area contributed by atoms with Crippen molar-refractivity contribution in [3.8, 4) is 6.07 Å². The van der Waals surface area contributed by atoms with Crippen molar-refractivity contribution in [1.82, 2.24) is 9.80 Å². The van der Waals surface area contributed by atoms with Gasteiger partial charge in [0.1, 0.15) is 0 Å². The molecule has 0 radical (unpaired) electrons. The minimum Gasteiger partial charge on any atom is -0.475 e. The van der Waals surface area contributed by atoms with Gasteiger partial charge in [0.25, 0.3) is 0 Å². The Bertz CT molecular complexity index is 840. The second-order valence-corrected chi connectivity index (χ2v) is 7.88. The summed E-state index contributed by atoms with van der Waals surface area (Å²) in [4.78, 5) is 26.2. The van der Waals surface area contributed by atoms with Crippen molar-refractivity contribution in [3.63, 3.8) is 0 Å². The monoisotopic (exact) mass is 441 g/mol. The highest BCUT2D eigenvalue weighted by molar-refractivity contribution is 5.86. The van der Waals surface area contributed by atoms with Crippen LogP contribution in [0.15, 0.2) is 24.3 Å². The number of nitrogens with zero attached hydrogens (tertiary/aromatic N) is 3. The molecule has 0 saturated carbocycles. The van der Waals surface area contributed by atoms with Gasteiger partial charge in [0.05, 0.1) is 23.7 Å². The maximum Gasteiger partial charge on any atom is 0.490 e. The molecule has 0 bridgehead atoms. The Morgan fingerprint density at radius 1 is 1.42 bits per heavy atom. The molecule has 10 heteroatoms. The molecule has 2 saturated heterocycles. The summed E-state index contributed by atoms with van der Waals surface area (Å²) in [5, 5.41) is 16.2. The Balaban J connectivity index is 0.000000423. The van der Waals surface area contributed by atoms with E-state index in [9.17, 15) is 18.0 Å². The van der Waals surface area contributed by atoms with Crippen LogP contribution in [0, 0.1) is 22.7 Å². The van der Waals surface area contributed by atoms with Gasteiger partial charge in [0.2, 0.25) is 5.91 Å². The zero-order chi connectivity index (χ0) is 23.2. The molecule has 0 unspecified atom stereocenters. The first-order valence-electron chi connectivity index (χ1n) is 9.83. The van der Waals surface area contributed by atoms with E-state index in [-0.39, 0.29) is 5.41 Å². The molecule has 2 heterocycles. The molecule has 1 aromatic carbocycles. The van der Waals surface area contributed by atoms with Crippen molar-refractivity contribution in [2.45, 2.75) is 26.1 Å². The smallest absolute Gasteiger partial charge is 0.475 e. The lowest BCUT2D eigenvalue weighted by atomic mass is 9.78. The number of carboxylic acid groups (broad SMARTS) is 1. The molecule has 1 spiro atoms. The average Bonchev–Trinajstić information content (AvgIpc) is 3.19. The first kappa shape index (κ1) is 24.6. The van der Waals surface area contributed by atoms with E-state index < -0.39 is 12.1 Å². The van der Waals surface area contributed by atoms with Gasteiger partial charge in [-0.1, -0.05) is 19.1 Å². The Morgan fingerprint density at radius 3 is 2.68 bits per heavy atom. The number of carbonyl (C=O) groups excluding carboxylic acids is 1. The Hall–Kier alpha value is -2.64. The SMILES string of the molecule is COCCN1CC[C@]2(CN(Cc3cccc(C#N)c3)C[C@H]2C)C1=O.O=C(O)C(F)(F)F. The van der Waals surface area contributed by atoms with Crippen molar-refractivity contribution in [3.05, 3.63) is 35.4 Å². The summed E-state index contributed by atoms with van der Waals surface area (Å²) in [6.07, 6.45) is -4.15. The molecule has 3 rings (SSSR count). The van der Waals surface area contributed by atoms with E-state index in [1.165, 1.54) is 0 Å². The molecule has 1 N–H and O–H groups in total. The quantitative estimate of drug-likeness (QED) is 0.755. The lowest BCUT2D eigenvalue weighted by Crippen LogP contribution is -2.40. The number of hydrogen-bond donors (Lipinski definition) is 1. The van der Waals surface area contributed by atoms with E-state index in [4.69, 9.17) is 19.9 Å². The van der Waals surface area contributed by atoms with Crippen LogP contribution in [0.5, 0.6) is 0 Å². The minimum absolute atomic E-state index is 0.236. The normalized spacial score (nSPS) is 23.5. The van der Waals surface area contributed by atoms with Gasteiger partial charge in [0, 0.05) is 39.8 Å². The van der Waals surface area contributed by atoms with Crippen LogP contribution >= 0.6 is 0 Å². The fourth-order valence-electron chi connectivity index (χ4n) is 4.18. The van der Waals surface area contributed by atoms with Crippen LogP contribution in [0.1, 0.15) is 24.5 Å². The second-order valence-electron chi connectivity index (χ2n) is 7.88. The molecule has 7 nitrogen and oxygen atoms in total. The van der Waals surface area contributed by atoms with Gasteiger partial charge >= 0.3 is 12.1 Å². The standard InChI is InChI=1S/C19H25N3O2.C2HF3O2/c1-15-12-21(13-17-5-3-4-16(10-17)11-20)14-19(15)6-7-22(18(19)23)8-9-24-2;3-2(4,5)1(6)7/h3-5,10,15H,6-9,12-14H2,1-2H3;(H,6,7)/t15-,19-;/m1./s1. The number of methoxy groups -OCH3 is 1. The molecule has 0 aliphatic carbocycles. The summed E-state index contributed by atoms with van der Waals surface area (Å²) in [5.74, 6) is -2.11. The summed E-state index contributed by atoms with van der Waals surface area (Å²) in [6, 6.07) is 9.94. The van der Waals surface area contributed by atoms with Crippen LogP contribution in [0.25, 0.3) is 0 Å². The number of likely N-dealkylation sites (tertiary alicyclic amines) is 2. The second kappa shape index (κ2) is 10.1. The molecular formula is C21H26F3N3O4. The number of ether oxygens (including phenoxy) is 1. The molecular weight excluding hydrogens is 415 g/mol. The lowest BCUT2D eigenvalue weighted by molar-refractivity contribution is -0.192. The van der Waals surface area contributed by atoms with E-state index in [0.717, 1.165) is 38.2 Å². The average molecular weight is 441 g/mol. The van der Waals surface area contributed by atoms with Gasteiger partial charge < -0.3 is 14.7 Å². The molecule has 0 aromatic heterocycles. The third-order valence-corrected chi connectivity index (χ3v) is 5.79. The van der Waals surface area contributed by atoms with Crippen molar-refractivity contribution >= 4 is 11.9 Å². The van der Waals surface area contributed by atoms with Crippen LogP contribution in [0.4, 0.5) is 13.2 Å². The molecule has 31 heavy (non-hydrogen) atoms. The van der Waals surface area contributed by atoms with Crippen molar-refractivity contribution in [1.29, 1.82) is 5.26 Å². The van der Waals surface area contributed by atoms with Crippen LogP contribution in [0.2, 0.25) is 0 Å². The maximum atomic E-state index is 12.9. The number of hydrogen-bond acceptors (Lipinski definition) is 5. The van der Waals surface area contributed by atoms with Crippen LogP contribution in [-0.2, 0) is 20.9 Å². The summed E-state index contributed by atoms with van der Waals surface area (Å²) >= 11 is 0. The van der Waals surface area contributed by atoms with Gasteiger partial charge in [0.15, 0.2) is 0 Å². The highest BCUT2D eigenvalue weighted by Crippen LogP contribution is 2.44. The van der Waals surface area contributed by atoms with Crippen LogP contribution < -0.4 is 0 Å². The predicted molar refractivity (Wildman–Crippen MR) is 105 cm³/mol. The van der Waals surface area contributed by atoms with E-state index >= 15 is 0 Å². The first-order chi connectivity index (χ1) is 14.5. The first-order valence-corrected chi connectivity index (χ1v) is 9.83. The zero-order valence-electron chi connectivity index (χ0n) is 17.5. The minimum atomic E-state index is -5.08. The predicted octanol–water partition coefficient (Wildman–Crippen LogP) is 2.51. The Kier molecular flexibility index (Phi) is 8.03. The topological polar surface area (TPSA) is 93.9 Å². The number of rotatable bonds is 5. The number of amides is 1. The van der Waals surface area contributed by atoms with Gasteiger partial charge in [-0.15, -0.1) is 0 Å². The summed E-state index contributed by atoms with van der Waals surface area (Å²) in [7, 11) is 1.67. The van der Waals surface area contributed by atoms with Crippen molar-refractivity contribution in [2.24, 2.45) is 11.3 Å². The molecule has 170 valence electrons. The van der Waals surface area contributed by atoms with E-state index in [0.29, 0.717) is 30.5 Å². The third kappa shape index (κ3) is 5.95. The van der Waals surface area contributed by atoms with E-state index in [1.807, 2.05) is 23.1 Å².